The minimum absolute atomic E-state index is 0.322. The lowest BCUT2D eigenvalue weighted by Crippen LogP contribution is -2.02. The maximum absolute atomic E-state index is 2.50. The first-order chi connectivity index (χ1) is 27.8. The zero-order valence-electron chi connectivity index (χ0n) is 30.7. The van der Waals surface area contributed by atoms with Crippen molar-refractivity contribution in [1.82, 2.24) is 0 Å². The van der Waals surface area contributed by atoms with Gasteiger partial charge in [0.2, 0.25) is 0 Å². The summed E-state index contributed by atoms with van der Waals surface area (Å²) in [6.07, 6.45) is 11.6. The van der Waals surface area contributed by atoms with Gasteiger partial charge < -0.3 is 0 Å². The van der Waals surface area contributed by atoms with Crippen molar-refractivity contribution >= 4 is 87.3 Å². The molecule has 0 radical (unpaired) electrons. The summed E-state index contributed by atoms with van der Waals surface area (Å²) in [6, 6.07) is 59.1. The third-order valence-electron chi connectivity index (χ3n) is 12.4. The fourth-order valence-electron chi connectivity index (χ4n) is 9.75. The van der Waals surface area contributed by atoms with E-state index in [0.717, 1.165) is 12.8 Å². The third-order valence-corrected chi connectivity index (χ3v) is 15.1. The molecule has 0 amide bonds. The Morgan fingerprint density at radius 2 is 0.821 bits per heavy atom. The molecule has 0 nitrogen and oxygen atoms in total. The lowest BCUT2D eigenvalue weighted by atomic mass is 9.84. The molecule has 264 valence electrons. The minimum Gasteiger partial charge on any atom is -0.138 e. The van der Waals surface area contributed by atoms with Crippen molar-refractivity contribution in [2.75, 3.05) is 0 Å². The summed E-state index contributed by atoms with van der Waals surface area (Å²) >= 11 is 4.00. The molecule has 0 bridgehead atoms. The molecular formula is C54H36S2. The maximum atomic E-state index is 2.50. The van der Waals surface area contributed by atoms with Crippen LogP contribution >= 0.6 is 22.7 Å². The van der Waals surface area contributed by atoms with Crippen LogP contribution in [0.25, 0.3) is 86.9 Å². The van der Waals surface area contributed by atoms with E-state index in [4.69, 9.17) is 0 Å². The van der Waals surface area contributed by atoms with Crippen LogP contribution in [0.5, 0.6) is 0 Å². The minimum atomic E-state index is 0.322. The van der Waals surface area contributed by atoms with Crippen LogP contribution in [0.15, 0.2) is 170 Å². The highest BCUT2D eigenvalue weighted by Crippen LogP contribution is 2.50. The van der Waals surface area contributed by atoms with Gasteiger partial charge in [0.15, 0.2) is 0 Å². The second-order valence-corrected chi connectivity index (χ2v) is 17.5. The van der Waals surface area contributed by atoms with Gasteiger partial charge in [0.25, 0.3) is 0 Å². The summed E-state index contributed by atoms with van der Waals surface area (Å²) in [7, 11) is 0. The molecule has 0 aliphatic heterocycles. The number of allylic oxidation sites excluding steroid dienone is 2. The number of rotatable bonds is 4. The number of fused-ring (bicyclic) bond motifs is 12. The zero-order valence-corrected chi connectivity index (χ0v) is 32.3. The highest BCUT2D eigenvalue weighted by molar-refractivity contribution is 7.20. The van der Waals surface area contributed by atoms with E-state index in [9.17, 15) is 0 Å². The zero-order chi connectivity index (χ0) is 36.7. The third kappa shape index (κ3) is 4.89. The van der Waals surface area contributed by atoms with E-state index < -0.39 is 0 Å². The first-order valence-corrected chi connectivity index (χ1v) is 21.3. The lowest BCUT2D eigenvalue weighted by molar-refractivity contribution is 0.840. The molecule has 2 atom stereocenters. The van der Waals surface area contributed by atoms with E-state index in [1.165, 1.54) is 107 Å². The number of benzene rings is 8. The Morgan fingerprint density at radius 1 is 0.357 bits per heavy atom. The van der Waals surface area contributed by atoms with E-state index in [0.29, 0.717) is 11.8 Å². The SMILES string of the molecule is C1=Cc2c(sc3c(-c4ccccc4)cccc23)C(c2cccc(-c3cccc4c5c(sc34)C(c3ccc4c6ccccc6c6ccccc6c4c3)CC=C5)c2)C1. The number of thiophene rings is 2. The summed E-state index contributed by atoms with van der Waals surface area (Å²) in [5.74, 6) is 0.655. The van der Waals surface area contributed by atoms with Crippen LogP contribution < -0.4 is 0 Å². The van der Waals surface area contributed by atoms with Gasteiger partial charge in [-0.2, -0.15) is 0 Å². The normalized spacial score (nSPS) is 16.3. The number of hydrogen-bond acceptors (Lipinski definition) is 2. The van der Waals surface area contributed by atoms with Crippen molar-refractivity contribution in [2.45, 2.75) is 24.7 Å². The Labute approximate surface area is 334 Å². The molecule has 0 saturated carbocycles. The van der Waals surface area contributed by atoms with Gasteiger partial charge in [-0.05, 0) is 95.7 Å². The summed E-state index contributed by atoms with van der Waals surface area (Å²) in [5.41, 5.74) is 10.8. The monoisotopic (exact) mass is 748 g/mol. The van der Waals surface area contributed by atoms with Crippen molar-refractivity contribution in [3.05, 3.63) is 202 Å². The Bertz CT molecular complexity index is 3230. The largest absolute Gasteiger partial charge is 0.138 e. The Hall–Kier alpha value is -6.06. The van der Waals surface area contributed by atoms with Crippen LogP contribution in [0, 0.1) is 0 Å². The molecule has 0 spiro atoms. The maximum Gasteiger partial charge on any atom is 0.0430 e. The van der Waals surface area contributed by atoms with E-state index in [1.807, 2.05) is 22.7 Å². The second kappa shape index (κ2) is 12.7. The highest BCUT2D eigenvalue weighted by Gasteiger charge is 2.27. The molecular weight excluding hydrogens is 713 g/mol. The van der Waals surface area contributed by atoms with Crippen LogP contribution in [-0.4, -0.2) is 0 Å². The summed E-state index contributed by atoms with van der Waals surface area (Å²) in [6.45, 7) is 0. The van der Waals surface area contributed by atoms with Crippen LogP contribution in [0.3, 0.4) is 0 Å². The van der Waals surface area contributed by atoms with Gasteiger partial charge in [-0.1, -0.05) is 176 Å². The first-order valence-electron chi connectivity index (χ1n) is 19.7. The van der Waals surface area contributed by atoms with Crippen molar-refractivity contribution < 1.29 is 0 Å². The Morgan fingerprint density at radius 3 is 1.43 bits per heavy atom. The topological polar surface area (TPSA) is 0 Å². The van der Waals surface area contributed by atoms with Gasteiger partial charge >= 0.3 is 0 Å². The summed E-state index contributed by atoms with van der Waals surface area (Å²) < 4.78 is 2.78. The van der Waals surface area contributed by atoms with Crippen LogP contribution in [0.1, 0.15) is 56.7 Å². The fraction of sp³-hybridized carbons (Fsp3) is 0.0741. The summed E-state index contributed by atoms with van der Waals surface area (Å²) in [4.78, 5) is 2.97. The smallest absolute Gasteiger partial charge is 0.0430 e. The predicted octanol–water partition coefficient (Wildman–Crippen LogP) is 16.0. The molecule has 2 aliphatic carbocycles. The predicted molar refractivity (Wildman–Crippen MR) is 244 cm³/mol. The average Bonchev–Trinajstić information content (AvgIpc) is 3.86. The van der Waals surface area contributed by atoms with Crippen LogP contribution in [0.2, 0.25) is 0 Å². The van der Waals surface area contributed by atoms with Crippen molar-refractivity contribution in [2.24, 2.45) is 0 Å². The van der Waals surface area contributed by atoms with Crippen molar-refractivity contribution in [3.8, 4) is 22.3 Å². The van der Waals surface area contributed by atoms with Gasteiger partial charge in [-0.25, -0.2) is 0 Å². The van der Waals surface area contributed by atoms with E-state index in [2.05, 4.69) is 182 Å². The molecule has 0 fully saturated rings. The van der Waals surface area contributed by atoms with Crippen molar-refractivity contribution in [3.63, 3.8) is 0 Å². The molecule has 2 aromatic heterocycles. The standard InChI is InChI=1S/C54H36S2/c1-2-13-33(14-3-1)37-21-9-25-46-47-26-10-22-38(52(47)55-51(37)46)34-15-8-16-35(31-34)39-23-11-27-48-49-28-12-24-40(54(49)56-53(39)48)36-29-30-45-43-19-5-4-17-41(43)42-18-6-7-20-44(42)50(45)32-36/h1-21,23,25-32,38,40H,22,24H2. The molecule has 12 rings (SSSR count). The van der Waals surface area contributed by atoms with Crippen LogP contribution in [-0.2, 0) is 0 Å². The molecule has 8 aromatic carbocycles. The van der Waals surface area contributed by atoms with Gasteiger partial charge in [-0.15, -0.1) is 22.7 Å². The molecule has 2 heteroatoms. The fourth-order valence-corrected chi connectivity index (χ4v) is 12.7. The molecule has 56 heavy (non-hydrogen) atoms. The van der Waals surface area contributed by atoms with E-state index in [-0.39, 0.29) is 0 Å². The van der Waals surface area contributed by atoms with Gasteiger partial charge in [0.1, 0.15) is 0 Å². The molecule has 2 unspecified atom stereocenters. The van der Waals surface area contributed by atoms with Gasteiger partial charge in [0.05, 0.1) is 0 Å². The second-order valence-electron chi connectivity index (χ2n) is 15.4. The average molecular weight is 749 g/mol. The van der Waals surface area contributed by atoms with E-state index in [1.54, 1.807) is 0 Å². The molecule has 10 aromatic rings. The van der Waals surface area contributed by atoms with Crippen LogP contribution in [0.4, 0.5) is 0 Å². The van der Waals surface area contributed by atoms with Gasteiger partial charge in [-0.3, -0.25) is 0 Å². The highest BCUT2D eigenvalue weighted by atomic mass is 32.1. The molecule has 0 N–H and O–H groups in total. The van der Waals surface area contributed by atoms with Crippen molar-refractivity contribution in [1.29, 1.82) is 0 Å². The molecule has 0 saturated heterocycles. The quantitative estimate of drug-likeness (QED) is 0.157. The summed E-state index contributed by atoms with van der Waals surface area (Å²) in [5, 5.41) is 10.7. The first kappa shape index (κ1) is 32.2. The van der Waals surface area contributed by atoms with E-state index >= 15 is 0 Å². The Kier molecular flexibility index (Phi) is 7.33. The number of hydrogen-bond donors (Lipinski definition) is 0. The molecule has 2 aliphatic rings. The molecule has 2 heterocycles. The Balaban J connectivity index is 0.955. The lowest BCUT2D eigenvalue weighted by Gasteiger charge is -2.20. The van der Waals surface area contributed by atoms with Gasteiger partial charge in [0, 0.05) is 41.8 Å².